The van der Waals surface area contributed by atoms with E-state index >= 15 is 0 Å². The van der Waals surface area contributed by atoms with Crippen LogP contribution in [-0.2, 0) is 6.54 Å². The van der Waals surface area contributed by atoms with Crippen LogP contribution in [0, 0.1) is 0 Å². The Morgan fingerprint density at radius 3 is 2.95 bits per heavy atom. The molecule has 112 valence electrons. The van der Waals surface area contributed by atoms with Crippen molar-refractivity contribution in [3.63, 3.8) is 0 Å². The fourth-order valence-corrected chi connectivity index (χ4v) is 2.75. The number of benzene rings is 1. The molecule has 0 spiro atoms. The first kappa shape index (κ1) is 15.6. The third-order valence-electron chi connectivity index (χ3n) is 3.17. The van der Waals surface area contributed by atoms with Gasteiger partial charge in [-0.05, 0) is 59.9 Å². The van der Waals surface area contributed by atoms with Crippen LogP contribution in [0.2, 0.25) is 0 Å². The van der Waals surface area contributed by atoms with Gasteiger partial charge in [-0.2, -0.15) is 0 Å². The standard InChI is InChI=1S/C15H22BrNO3/c1-11(18)4-2-5-17-10-12-8-13(16)15-14(9-12)19-6-3-7-20-15/h8-9,11,17-18H,2-7,10H2,1H3. The monoisotopic (exact) mass is 343 g/mol. The van der Waals surface area contributed by atoms with Gasteiger partial charge >= 0.3 is 0 Å². The van der Waals surface area contributed by atoms with Crippen molar-refractivity contribution >= 4 is 15.9 Å². The Bertz CT molecular complexity index is 437. The predicted octanol–water partition coefficient (Wildman–Crippen LogP) is 2.86. The topological polar surface area (TPSA) is 50.7 Å². The van der Waals surface area contributed by atoms with Crippen LogP contribution in [0.3, 0.4) is 0 Å². The number of hydrogen-bond acceptors (Lipinski definition) is 4. The normalized spacial score (nSPS) is 15.8. The molecule has 1 aliphatic heterocycles. The van der Waals surface area contributed by atoms with Gasteiger partial charge in [0.25, 0.3) is 0 Å². The van der Waals surface area contributed by atoms with Crippen molar-refractivity contribution in [2.24, 2.45) is 0 Å². The average molecular weight is 344 g/mol. The van der Waals surface area contributed by atoms with Gasteiger partial charge in [0, 0.05) is 13.0 Å². The van der Waals surface area contributed by atoms with Crippen molar-refractivity contribution in [2.75, 3.05) is 19.8 Å². The molecule has 1 aromatic carbocycles. The summed E-state index contributed by atoms with van der Waals surface area (Å²) in [4.78, 5) is 0. The number of nitrogens with one attached hydrogen (secondary N) is 1. The first-order valence-electron chi connectivity index (χ1n) is 7.13. The molecule has 4 nitrogen and oxygen atoms in total. The number of halogens is 1. The highest BCUT2D eigenvalue weighted by molar-refractivity contribution is 9.10. The molecule has 1 aliphatic rings. The van der Waals surface area contributed by atoms with Crippen LogP contribution in [-0.4, -0.2) is 31.0 Å². The second kappa shape index (κ2) is 7.86. The smallest absolute Gasteiger partial charge is 0.175 e. The van der Waals surface area contributed by atoms with E-state index in [1.54, 1.807) is 0 Å². The molecule has 0 aromatic heterocycles. The van der Waals surface area contributed by atoms with E-state index in [2.05, 4.69) is 27.3 Å². The molecular formula is C15H22BrNO3. The molecule has 0 fully saturated rings. The summed E-state index contributed by atoms with van der Waals surface area (Å²) in [5.41, 5.74) is 1.16. The molecule has 1 heterocycles. The number of aliphatic hydroxyl groups excluding tert-OH is 1. The van der Waals surface area contributed by atoms with Gasteiger partial charge in [0.15, 0.2) is 11.5 Å². The fourth-order valence-electron chi connectivity index (χ4n) is 2.14. The van der Waals surface area contributed by atoms with Crippen LogP contribution < -0.4 is 14.8 Å². The van der Waals surface area contributed by atoms with Crippen LogP contribution >= 0.6 is 15.9 Å². The Morgan fingerprint density at radius 2 is 2.15 bits per heavy atom. The summed E-state index contributed by atoms with van der Waals surface area (Å²) in [5, 5.41) is 12.6. The van der Waals surface area contributed by atoms with E-state index in [0.29, 0.717) is 13.2 Å². The molecule has 0 radical (unpaired) electrons. The number of aliphatic hydroxyl groups is 1. The van der Waals surface area contributed by atoms with Gasteiger partial charge in [0.1, 0.15) is 0 Å². The van der Waals surface area contributed by atoms with Crippen LogP contribution in [0.4, 0.5) is 0 Å². The molecule has 0 bridgehead atoms. The minimum absolute atomic E-state index is 0.219. The lowest BCUT2D eigenvalue weighted by atomic mass is 10.2. The zero-order valence-electron chi connectivity index (χ0n) is 11.8. The molecule has 5 heteroatoms. The maximum atomic E-state index is 9.20. The van der Waals surface area contributed by atoms with Crippen molar-refractivity contribution < 1.29 is 14.6 Å². The van der Waals surface area contributed by atoms with E-state index in [-0.39, 0.29) is 6.10 Å². The van der Waals surface area contributed by atoms with Gasteiger partial charge in [0.2, 0.25) is 0 Å². The molecule has 2 rings (SSSR count). The van der Waals surface area contributed by atoms with E-state index in [0.717, 1.165) is 53.9 Å². The average Bonchev–Trinajstić information content (AvgIpc) is 2.63. The second-order valence-electron chi connectivity index (χ2n) is 5.12. The highest BCUT2D eigenvalue weighted by Crippen LogP contribution is 2.38. The van der Waals surface area contributed by atoms with Crippen molar-refractivity contribution in [2.45, 2.75) is 38.8 Å². The molecule has 0 aliphatic carbocycles. The summed E-state index contributed by atoms with van der Waals surface area (Å²) in [6, 6.07) is 4.10. The van der Waals surface area contributed by atoms with Gasteiger partial charge in [-0.3, -0.25) is 0 Å². The Balaban J connectivity index is 1.89. The fraction of sp³-hybridized carbons (Fsp3) is 0.600. The highest BCUT2D eigenvalue weighted by atomic mass is 79.9. The Hall–Kier alpha value is -0.780. The van der Waals surface area contributed by atoms with Gasteiger partial charge < -0.3 is 19.9 Å². The van der Waals surface area contributed by atoms with E-state index < -0.39 is 0 Å². The summed E-state index contributed by atoms with van der Waals surface area (Å²) >= 11 is 3.54. The van der Waals surface area contributed by atoms with Gasteiger partial charge in [-0.25, -0.2) is 0 Å². The quantitative estimate of drug-likeness (QED) is 0.780. The second-order valence-corrected chi connectivity index (χ2v) is 5.98. The minimum atomic E-state index is -0.219. The maximum Gasteiger partial charge on any atom is 0.175 e. The first-order valence-corrected chi connectivity index (χ1v) is 7.93. The summed E-state index contributed by atoms with van der Waals surface area (Å²) < 4.78 is 12.3. The molecule has 1 aromatic rings. The number of hydrogen-bond donors (Lipinski definition) is 2. The molecular weight excluding hydrogens is 322 g/mol. The van der Waals surface area contributed by atoms with Crippen molar-refractivity contribution in [1.29, 1.82) is 0 Å². The lowest BCUT2D eigenvalue weighted by Gasteiger charge is -2.12. The Labute approximate surface area is 128 Å². The Kier molecular flexibility index (Phi) is 6.13. The zero-order valence-corrected chi connectivity index (χ0v) is 13.4. The van der Waals surface area contributed by atoms with Crippen LogP contribution in [0.25, 0.3) is 0 Å². The molecule has 0 saturated heterocycles. The predicted molar refractivity (Wildman–Crippen MR) is 82.4 cm³/mol. The van der Waals surface area contributed by atoms with Crippen LogP contribution in [0.15, 0.2) is 16.6 Å². The van der Waals surface area contributed by atoms with Gasteiger partial charge in [0.05, 0.1) is 23.8 Å². The number of fused-ring (bicyclic) bond motifs is 1. The lowest BCUT2D eigenvalue weighted by molar-refractivity contribution is 0.181. The SMILES string of the molecule is CC(O)CCCNCc1cc(Br)c2c(c1)OCCCO2. The molecule has 2 N–H and O–H groups in total. The van der Waals surface area contributed by atoms with Gasteiger partial charge in [-0.15, -0.1) is 0 Å². The summed E-state index contributed by atoms with van der Waals surface area (Å²) in [5.74, 6) is 1.62. The first-order chi connectivity index (χ1) is 9.66. The Morgan fingerprint density at radius 1 is 1.35 bits per heavy atom. The largest absolute Gasteiger partial charge is 0.490 e. The minimum Gasteiger partial charge on any atom is -0.490 e. The van der Waals surface area contributed by atoms with E-state index in [1.807, 2.05) is 13.0 Å². The van der Waals surface area contributed by atoms with Crippen molar-refractivity contribution in [1.82, 2.24) is 5.32 Å². The third kappa shape index (κ3) is 4.65. The van der Waals surface area contributed by atoms with Crippen molar-refractivity contribution in [3.05, 3.63) is 22.2 Å². The van der Waals surface area contributed by atoms with Gasteiger partial charge in [-0.1, -0.05) is 0 Å². The van der Waals surface area contributed by atoms with Crippen LogP contribution in [0.5, 0.6) is 11.5 Å². The summed E-state index contributed by atoms with van der Waals surface area (Å²) in [7, 11) is 0. The molecule has 1 unspecified atom stereocenters. The van der Waals surface area contributed by atoms with Crippen LogP contribution in [0.1, 0.15) is 31.7 Å². The third-order valence-corrected chi connectivity index (χ3v) is 3.76. The molecule has 0 saturated carbocycles. The van der Waals surface area contributed by atoms with E-state index in [4.69, 9.17) is 9.47 Å². The zero-order chi connectivity index (χ0) is 14.4. The summed E-state index contributed by atoms with van der Waals surface area (Å²) in [6.07, 6.45) is 2.50. The number of ether oxygens (including phenoxy) is 2. The van der Waals surface area contributed by atoms with Crippen molar-refractivity contribution in [3.8, 4) is 11.5 Å². The molecule has 1 atom stereocenters. The van der Waals surface area contributed by atoms with E-state index in [1.165, 1.54) is 0 Å². The summed E-state index contributed by atoms with van der Waals surface area (Å²) in [6.45, 7) is 4.90. The lowest BCUT2D eigenvalue weighted by Crippen LogP contribution is -2.16. The molecule has 20 heavy (non-hydrogen) atoms. The van der Waals surface area contributed by atoms with E-state index in [9.17, 15) is 5.11 Å². The molecule has 0 amide bonds. The number of rotatable bonds is 6. The maximum absolute atomic E-state index is 9.20. The highest BCUT2D eigenvalue weighted by Gasteiger charge is 2.15.